The number of alkyl halides is 3. The van der Waals surface area contributed by atoms with E-state index in [0.717, 1.165) is 50.7 Å². The van der Waals surface area contributed by atoms with Crippen molar-refractivity contribution in [3.8, 4) is 0 Å². The number of rotatable bonds is 5. The van der Waals surface area contributed by atoms with Crippen LogP contribution in [0.5, 0.6) is 0 Å². The van der Waals surface area contributed by atoms with Gasteiger partial charge in [-0.25, -0.2) is 4.79 Å². The molecule has 3 N–H and O–H groups in total. The summed E-state index contributed by atoms with van der Waals surface area (Å²) in [6, 6.07) is 11.5. The molecule has 0 aromatic heterocycles. The van der Waals surface area contributed by atoms with E-state index in [1.807, 2.05) is 24.3 Å². The quantitative estimate of drug-likeness (QED) is 0.432. The molecule has 0 saturated heterocycles. The summed E-state index contributed by atoms with van der Waals surface area (Å²) in [5.41, 5.74) is 1.03. The number of fused-ring (bicyclic) bond motifs is 1. The van der Waals surface area contributed by atoms with Crippen LogP contribution in [0.25, 0.3) is 0 Å². The predicted octanol–water partition coefficient (Wildman–Crippen LogP) is 7.12. The lowest BCUT2D eigenvalue weighted by Crippen LogP contribution is -2.31. The van der Waals surface area contributed by atoms with Gasteiger partial charge in [0.05, 0.1) is 5.56 Å². The van der Waals surface area contributed by atoms with Crippen molar-refractivity contribution in [2.75, 3.05) is 10.6 Å². The van der Waals surface area contributed by atoms with Crippen molar-refractivity contribution in [1.82, 2.24) is 0 Å². The maximum absolute atomic E-state index is 12.8. The molecule has 4 unspecified atom stereocenters. The van der Waals surface area contributed by atoms with Crippen LogP contribution < -0.4 is 10.6 Å². The molecule has 2 aromatic carbocycles. The smallest absolute Gasteiger partial charge is 0.416 e. The first kappa shape index (κ1) is 24.1. The first-order chi connectivity index (χ1) is 16.2. The molecule has 0 aliphatic heterocycles. The zero-order chi connectivity index (χ0) is 24.3. The average molecular weight is 475 g/mol. The lowest BCUT2D eigenvalue weighted by Gasteiger charge is -2.42. The van der Waals surface area contributed by atoms with Gasteiger partial charge >= 0.3 is 18.2 Å². The minimum Gasteiger partial charge on any atom is -0.481 e. The molecule has 4 rings (SSSR count). The molecule has 4 atom stereocenters. The summed E-state index contributed by atoms with van der Waals surface area (Å²) in [5.74, 6) is 1.32. The summed E-state index contributed by atoms with van der Waals surface area (Å²) < 4.78 is 38.5. The fourth-order valence-corrected chi connectivity index (χ4v) is 5.63. The van der Waals surface area contributed by atoms with E-state index >= 15 is 0 Å². The average Bonchev–Trinajstić information content (AvgIpc) is 2.78. The SMILES string of the molecule is O=C(O)CC1CCC2CC(c3ccc(NC(=O)Nc4cccc(C(F)(F)F)c4)cc3)CCC2C1. The number of carbonyl (C=O) groups excluding carboxylic acids is 1. The van der Waals surface area contributed by atoms with Crippen LogP contribution in [0.1, 0.15) is 62.0 Å². The molecule has 2 fully saturated rings. The van der Waals surface area contributed by atoms with Crippen molar-refractivity contribution in [3.63, 3.8) is 0 Å². The number of halogens is 3. The molecule has 2 aromatic rings. The Morgan fingerprint density at radius 3 is 2.26 bits per heavy atom. The number of anilines is 2. The molecule has 2 aliphatic rings. The van der Waals surface area contributed by atoms with Crippen LogP contribution in [0.3, 0.4) is 0 Å². The van der Waals surface area contributed by atoms with Gasteiger partial charge in [0.1, 0.15) is 0 Å². The second kappa shape index (κ2) is 10.1. The second-order valence-electron chi connectivity index (χ2n) is 9.59. The number of amides is 2. The minimum absolute atomic E-state index is 0.0683. The van der Waals surface area contributed by atoms with Gasteiger partial charge in [-0.05, 0) is 98.1 Å². The molecular formula is C26H29F3N2O3. The topological polar surface area (TPSA) is 78.4 Å². The lowest BCUT2D eigenvalue weighted by molar-refractivity contribution is -0.139. The number of nitrogens with one attached hydrogen (secondary N) is 2. The summed E-state index contributed by atoms with van der Waals surface area (Å²) in [6.45, 7) is 0. The summed E-state index contributed by atoms with van der Waals surface area (Å²) in [5, 5.41) is 14.2. The molecule has 0 spiro atoms. The number of carboxylic acid groups (broad SMARTS) is 1. The first-order valence-corrected chi connectivity index (χ1v) is 11.7. The van der Waals surface area contributed by atoms with Gasteiger partial charge in [0.25, 0.3) is 0 Å². The Bertz CT molecular complexity index is 1020. The minimum atomic E-state index is -4.47. The fourth-order valence-electron chi connectivity index (χ4n) is 5.63. The van der Waals surface area contributed by atoms with Crippen LogP contribution in [-0.2, 0) is 11.0 Å². The molecule has 0 heterocycles. The van der Waals surface area contributed by atoms with Crippen LogP contribution in [0.2, 0.25) is 0 Å². The molecule has 8 heteroatoms. The number of carboxylic acids is 1. The van der Waals surface area contributed by atoms with Gasteiger partial charge < -0.3 is 15.7 Å². The predicted molar refractivity (Wildman–Crippen MR) is 124 cm³/mol. The van der Waals surface area contributed by atoms with E-state index in [0.29, 0.717) is 29.4 Å². The van der Waals surface area contributed by atoms with E-state index in [-0.39, 0.29) is 12.1 Å². The van der Waals surface area contributed by atoms with Crippen molar-refractivity contribution < 1.29 is 27.9 Å². The standard InChI is InChI=1S/C26H29F3N2O3/c27-26(28,29)21-2-1-3-23(15-21)31-25(34)30-22-10-8-17(9-11-22)19-7-6-18-12-16(13-24(32)33)4-5-20(18)14-19/h1-3,8-11,15-16,18-20H,4-7,12-14H2,(H,32,33)(H2,30,31,34). The zero-order valence-corrected chi connectivity index (χ0v) is 18.8. The Hall–Kier alpha value is -3.03. The van der Waals surface area contributed by atoms with Crippen LogP contribution in [0.15, 0.2) is 48.5 Å². The van der Waals surface area contributed by atoms with E-state index in [2.05, 4.69) is 10.6 Å². The van der Waals surface area contributed by atoms with Gasteiger partial charge in [0, 0.05) is 17.8 Å². The largest absolute Gasteiger partial charge is 0.481 e. The third-order valence-electron chi connectivity index (χ3n) is 7.27. The molecule has 5 nitrogen and oxygen atoms in total. The Labute approximate surface area is 196 Å². The highest BCUT2D eigenvalue weighted by Crippen LogP contribution is 2.48. The van der Waals surface area contributed by atoms with Crippen molar-refractivity contribution >= 4 is 23.4 Å². The third-order valence-corrected chi connectivity index (χ3v) is 7.27. The Balaban J connectivity index is 1.30. The van der Waals surface area contributed by atoms with E-state index in [4.69, 9.17) is 5.11 Å². The fraction of sp³-hybridized carbons (Fsp3) is 0.462. The number of hydrogen-bond acceptors (Lipinski definition) is 2. The Morgan fingerprint density at radius 2 is 1.56 bits per heavy atom. The highest BCUT2D eigenvalue weighted by Gasteiger charge is 2.36. The maximum atomic E-state index is 12.8. The van der Waals surface area contributed by atoms with Gasteiger partial charge in [-0.3, -0.25) is 4.79 Å². The number of hydrogen-bond donors (Lipinski definition) is 3. The number of aliphatic carboxylic acids is 1. The summed E-state index contributed by atoms with van der Waals surface area (Å²) in [7, 11) is 0. The molecule has 2 aliphatic carbocycles. The van der Waals surface area contributed by atoms with Crippen LogP contribution in [0, 0.1) is 17.8 Å². The molecular weight excluding hydrogens is 445 g/mol. The molecule has 2 amide bonds. The van der Waals surface area contributed by atoms with Crippen molar-refractivity contribution in [2.24, 2.45) is 17.8 Å². The van der Waals surface area contributed by atoms with Gasteiger partial charge in [0.15, 0.2) is 0 Å². The highest BCUT2D eigenvalue weighted by molar-refractivity contribution is 5.99. The van der Waals surface area contributed by atoms with Crippen LogP contribution >= 0.6 is 0 Å². The van der Waals surface area contributed by atoms with Crippen LogP contribution in [-0.4, -0.2) is 17.1 Å². The number of carbonyl (C=O) groups is 2. The van der Waals surface area contributed by atoms with E-state index in [1.54, 1.807) is 0 Å². The van der Waals surface area contributed by atoms with Crippen LogP contribution in [0.4, 0.5) is 29.3 Å². The van der Waals surface area contributed by atoms with Gasteiger partial charge in [-0.2, -0.15) is 13.2 Å². The zero-order valence-electron chi connectivity index (χ0n) is 18.8. The van der Waals surface area contributed by atoms with E-state index < -0.39 is 23.7 Å². The molecule has 182 valence electrons. The highest BCUT2D eigenvalue weighted by atomic mass is 19.4. The second-order valence-corrected chi connectivity index (χ2v) is 9.59. The summed E-state index contributed by atoms with van der Waals surface area (Å²) in [4.78, 5) is 23.3. The Morgan fingerprint density at radius 1 is 0.882 bits per heavy atom. The normalized spacial score (nSPS) is 24.7. The molecule has 0 radical (unpaired) electrons. The maximum Gasteiger partial charge on any atom is 0.416 e. The van der Waals surface area contributed by atoms with E-state index in [1.165, 1.54) is 17.7 Å². The molecule has 34 heavy (non-hydrogen) atoms. The van der Waals surface area contributed by atoms with Gasteiger partial charge in [0.2, 0.25) is 0 Å². The van der Waals surface area contributed by atoms with Crippen molar-refractivity contribution in [3.05, 3.63) is 59.7 Å². The lowest BCUT2D eigenvalue weighted by atomic mass is 9.63. The van der Waals surface area contributed by atoms with Gasteiger partial charge in [-0.1, -0.05) is 18.2 Å². The molecule has 0 bridgehead atoms. The molecule has 2 saturated carbocycles. The Kier molecular flexibility index (Phi) is 7.14. The van der Waals surface area contributed by atoms with Crippen molar-refractivity contribution in [1.29, 1.82) is 0 Å². The van der Waals surface area contributed by atoms with E-state index in [9.17, 15) is 22.8 Å². The monoisotopic (exact) mass is 474 g/mol. The number of benzene rings is 2. The third kappa shape index (κ3) is 6.10. The van der Waals surface area contributed by atoms with Crippen molar-refractivity contribution in [2.45, 2.75) is 57.0 Å². The first-order valence-electron chi connectivity index (χ1n) is 11.7. The summed E-state index contributed by atoms with van der Waals surface area (Å²) in [6.07, 6.45) is 2.21. The summed E-state index contributed by atoms with van der Waals surface area (Å²) >= 11 is 0. The number of urea groups is 1. The van der Waals surface area contributed by atoms with Gasteiger partial charge in [-0.15, -0.1) is 0 Å².